The predicted octanol–water partition coefficient (Wildman–Crippen LogP) is 2.05. The summed E-state index contributed by atoms with van der Waals surface area (Å²) in [6.45, 7) is 1.06. The summed E-state index contributed by atoms with van der Waals surface area (Å²) in [6.07, 6.45) is 3.09. The molecule has 1 fully saturated rings. The molecule has 1 atom stereocenters. The van der Waals surface area contributed by atoms with Crippen molar-refractivity contribution in [2.75, 3.05) is 19.5 Å². The van der Waals surface area contributed by atoms with Gasteiger partial charge in [-0.15, -0.1) is 11.6 Å². The van der Waals surface area contributed by atoms with E-state index in [1.165, 1.54) is 0 Å². The number of rotatable bonds is 4. The molecule has 1 amide bonds. The highest BCUT2D eigenvalue weighted by Crippen LogP contribution is 2.20. The van der Waals surface area contributed by atoms with Crippen LogP contribution in [0.2, 0.25) is 0 Å². The molecule has 0 spiro atoms. The van der Waals surface area contributed by atoms with Crippen LogP contribution < -0.4 is 0 Å². The van der Waals surface area contributed by atoms with Crippen LogP contribution >= 0.6 is 11.6 Å². The fraction of sp³-hybridized carbons (Fsp3) is 0.667. The zero-order chi connectivity index (χ0) is 13.0. The van der Waals surface area contributed by atoms with Crippen LogP contribution in [-0.4, -0.2) is 41.5 Å². The number of carbonyl (C=O) groups excluding carboxylic acids is 1. The van der Waals surface area contributed by atoms with Crippen LogP contribution in [-0.2, 0) is 11.3 Å². The summed E-state index contributed by atoms with van der Waals surface area (Å²) < 4.78 is 9.96. The Labute approximate surface area is 111 Å². The number of amides is 1. The molecule has 1 saturated heterocycles. The number of carbonyl (C=O) groups is 1. The molecule has 2 rings (SSSR count). The molecule has 18 heavy (non-hydrogen) atoms. The average molecular weight is 273 g/mol. The molecular weight excluding hydrogens is 256 g/mol. The van der Waals surface area contributed by atoms with Crippen LogP contribution in [0.3, 0.4) is 0 Å². The number of nitrogens with zero attached hydrogens (tertiary/aromatic N) is 2. The van der Waals surface area contributed by atoms with Crippen LogP contribution in [0.5, 0.6) is 0 Å². The van der Waals surface area contributed by atoms with Gasteiger partial charge in [0, 0.05) is 31.6 Å². The highest BCUT2D eigenvalue weighted by molar-refractivity contribution is 6.18. The monoisotopic (exact) mass is 272 g/mol. The van der Waals surface area contributed by atoms with Gasteiger partial charge in [0.1, 0.15) is 6.61 Å². The average Bonchev–Trinajstić information content (AvgIpc) is 2.87. The zero-order valence-electron chi connectivity index (χ0n) is 10.4. The number of piperidine rings is 1. The molecule has 1 aromatic heterocycles. The Morgan fingerprint density at radius 2 is 2.50 bits per heavy atom. The normalized spacial score (nSPS) is 20.1. The Kier molecular flexibility index (Phi) is 4.60. The van der Waals surface area contributed by atoms with Gasteiger partial charge in [0.2, 0.25) is 0 Å². The molecule has 1 unspecified atom stereocenters. The highest BCUT2D eigenvalue weighted by Gasteiger charge is 2.28. The summed E-state index contributed by atoms with van der Waals surface area (Å²) in [6, 6.07) is 1.74. The van der Waals surface area contributed by atoms with Crippen LogP contribution in [0.1, 0.15) is 35.5 Å². The second-order valence-corrected chi connectivity index (χ2v) is 4.72. The second-order valence-electron chi connectivity index (χ2n) is 4.41. The Hall–Kier alpha value is -1.07. The first-order valence-corrected chi connectivity index (χ1v) is 6.61. The minimum absolute atomic E-state index is 0.105. The van der Waals surface area contributed by atoms with E-state index in [0.717, 1.165) is 25.8 Å². The van der Waals surface area contributed by atoms with E-state index in [4.69, 9.17) is 20.9 Å². The molecule has 0 N–H and O–H groups in total. The molecule has 5 nitrogen and oxygen atoms in total. The van der Waals surface area contributed by atoms with Gasteiger partial charge in [-0.25, -0.2) is 0 Å². The lowest BCUT2D eigenvalue weighted by atomic mass is 10.0. The van der Waals surface area contributed by atoms with Gasteiger partial charge in [-0.05, 0) is 19.3 Å². The van der Waals surface area contributed by atoms with E-state index in [2.05, 4.69) is 5.16 Å². The third-order valence-corrected chi connectivity index (χ3v) is 3.49. The number of likely N-dealkylation sites (tertiary alicyclic amines) is 1. The molecule has 0 bridgehead atoms. The van der Waals surface area contributed by atoms with Crippen molar-refractivity contribution in [3.05, 3.63) is 17.5 Å². The number of hydrogen-bond acceptors (Lipinski definition) is 4. The highest BCUT2D eigenvalue weighted by atomic mass is 35.5. The summed E-state index contributed by atoms with van der Waals surface area (Å²) in [5, 5.41) is 3.79. The molecule has 1 aliphatic rings. The first-order valence-electron chi connectivity index (χ1n) is 6.07. The van der Waals surface area contributed by atoms with Gasteiger partial charge >= 0.3 is 0 Å². The number of alkyl halides is 1. The number of halogens is 1. The Bertz CT molecular complexity index is 408. The molecule has 1 aromatic rings. The van der Waals surface area contributed by atoms with E-state index in [1.54, 1.807) is 18.1 Å². The van der Waals surface area contributed by atoms with Gasteiger partial charge in [0.05, 0.1) is 0 Å². The molecule has 0 aliphatic carbocycles. The summed E-state index contributed by atoms with van der Waals surface area (Å²) >= 11 is 5.90. The number of aromatic nitrogens is 1. The Morgan fingerprint density at radius 1 is 1.67 bits per heavy atom. The topological polar surface area (TPSA) is 55.6 Å². The van der Waals surface area contributed by atoms with Gasteiger partial charge in [-0.1, -0.05) is 5.16 Å². The molecule has 0 radical (unpaired) electrons. The fourth-order valence-electron chi connectivity index (χ4n) is 2.20. The summed E-state index contributed by atoms with van der Waals surface area (Å²) in [4.78, 5) is 14.1. The molecule has 2 heterocycles. The van der Waals surface area contributed by atoms with Crippen molar-refractivity contribution in [2.45, 2.75) is 31.9 Å². The van der Waals surface area contributed by atoms with E-state index in [-0.39, 0.29) is 11.9 Å². The predicted molar refractivity (Wildman–Crippen MR) is 66.6 cm³/mol. The molecular formula is C12H17ClN2O3. The molecule has 6 heteroatoms. The zero-order valence-corrected chi connectivity index (χ0v) is 11.2. The van der Waals surface area contributed by atoms with E-state index < -0.39 is 0 Å². The van der Waals surface area contributed by atoms with E-state index in [0.29, 0.717) is 23.9 Å². The van der Waals surface area contributed by atoms with Gasteiger partial charge in [-0.3, -0.25) is 4.79 Å². The number of hydrogen-bond donors (Lipinski definition) is 0. The van der Waals surface area contributed by atoms with E-state index >= 15 is 0 Å². The van der Waals surface area contributed by atoms with Gasteiger partial charge in [0.25, 0.3) is 5.91 Å². The number of methoxy groups -OCH3 is 1. The standard InChI is InChI=1S/C12H17ClN2O3/c1-17-8-10-6-11(14-18-10)12(16)15-5-3-2-4-9(15)7-13/h6,9H,2-5,7-8H2,1H3. The molecule has 0 aromatic carbocycles. The molecule has 1 aliphatic heterocycles. The summed E-state index contributed by atoms with van der Waals surface area (Å²) in [5.41, 5.74) is 0.332. The van der Waals surface area contributed by atoms with Gasteiger partial charge < -0.3 is 14.2 Å². The van der Waals surface area contributed by atoms with Crippen LogP contribution in [0.4, 0.5) is 0 Å². The first kappa shape index (κ1) is 13.4. The van der Waals surface area contributed by atoms with Crippen LogP contribution in [0.25, 0.3) is 0 Å². The molecule has 0 saturated carbocycles. The SMILES string of the molecule is COCc1cc(C(=O)N2CCCCC2CCl)no1. The largest absolute Gasteiger partial charge is 0.377 e. The summed E-state index contributed by atoms with van der Waals surface area (Å²) in [5.74, 6) is 0.917. The Balaban J connectivity index is 2.08. The quantitative estimate of drug-likeness (QED) is 0.787. The minimum atomic E-state index is -0.105. The third kappa shape index (κ3) is 2.84. The van der Waals surface area contributed by atoms with Crippen molar-refractivity contribution in [3.8, 4) is 0 Å². The lowest BCUT2D eigenvalue weighted by Crippen LogP contribution is -2.44. The smallest absolute Gasteiger partial charge is 0.276 e. The van der Waals surface area contributed by atoms with Crippen molar-refractivity contribution in [1.29, 1.82) is 0 Å². The lowest BCUT2D eigenvalue weighted by Gasteiger charge is -2.33. The van der Waals surface area contributed by atoms with Crippen molar-refractivity contribution < 1.29 is 14.1 Å². The van der Waals surface area contributed by atoms with Gasteiger partial charge in [0.15, 0.2) is 11.5 Å². The summed E-state index contributed by atoms with van der Waals surface area (Å²) in [7, 11) is 1.57. The van der Waals surface area contributed by atoms with E-state index in [1.807, 2.05) is 0 Å². The first-order chi connectivity index (χ1) is 8.76. The maximum atomic E-state index is 12.3. The van der Waals surface area contributed by atoms with Crippen molar-refractivity contribution in [1.82, 2.24) is 10.1 Å². The lowest BCUT2D eigenvalue weighted by molar-refractivity contribution is 0.0628. The van der Waals surface area contributed by atoms with Gasteiger partial charge in [-0.2, -0.15) is 0 Å². The maximum Gasteiger partial charge on any atom is 0.276 e. The fourth-order valence-corrected chi connectivity index (χ4v) is 2.52. The van der Waals surface area contributed by atoms with E-state index in [9.17, 15) is 4.79 Å². The molecule has 100 valence electrons. The second kappa shape index (κ2) is 6.20. The van der Waals surface area contributed by atoms with Crippen molar-refractivity contribution in [2.24, 2.45) is 0 Å². The van der Waals surface area contributed by atoms with Crippen molar-refractivity contribution in [3.63, 3.8) is 0 Å². The maximum absolute atomic E-state index is 12.3. The van der Waals surface area contributed by atoms with Crippen LogP contribution in [0, 0.1) is 0 Å². The third-order valence-electron chi connectivity index (χ3n) is 3.13. The Morgan fingerprint density at radius 3 is 3.22 bits per heavy atom. The minimum Gasteiger partial charge on any atom is -0.377 e. The van der Waals surface area contributed by atoms with Crippen LogP contribution in [0.15, 0.2) is 10.6 Å². The number of ether oxygens (including phenoxy) is 1. The van der Waals surface area contributed by atoms with Crippen molar-refractivity contribution >= 4 is 17.5 Å².